The van der Waals surface area contributed by atoms with Gasteiger partial charge in [0.1, 0.15) is 12.4 Å². The van der Waals surface area contributed by atoms with Crippen LogP contribution in [0.15, 0.2) is 18.2 Å². The van der Waals surface area contributed by atoms with Crippen LogP contribution in [0.1, 0.15) is 25.0 Å². The molecule has 0 bridgehead atoms. The molecule has 3 nitrogen and oxygen atoms in total. The average molecular weight is 265 g/mol. The number of rotatable bonds is 4. The Hall–Kier alpha value is -1.06. The van der Waals surface area contributed by atoms with Crippen molar-refractivity contribution in [1.82, 2.24) is 4.90 Å². The molecule has 1 aromatic rings. The van der Waals surface area contributed by atoms with Crippen LogP contribution in [0.2, 0.25) is 0 Å². The molecule has 1 saturated heterocycles. The summed E-state index contributed by atoms with van der Waals surface area (Å²) in [4.78, 5) is 2.38. The van der Waals surface area contributed by atoms with E-state index in [4.69, 9.17) is 9.47 Å². The molecular formula is C16H27NO2. The van der Waals surface area contributed by atoms with Crippen LogP contribution >= 0.6 is 0 Å². The summed E-state index contributed by atoms with van der Waals surface area (Å²) in [5.41, 5.74) is 2.53. The molecule has 0 atom stereocenters. The Morgan fingerprint density at radius 2 is 1.84 bits per heavy atom. The third kappa shape index (κ3) is 5.21. The number of benzene rings is 1. The fourth-order valence-corrected chi connectivity index (χ4v) is 1.99. The normalized spacial score (nSPS) is 15.6. The van der Waals surface area contributed by atoms with Gasteiger partial charge in [0.05, 0.1) is 13.2 Å². The zero-order chi connectivity index (χ0) is 14.1. The predicted molar refractivity (Wildman–Crippen MR) is 80.0 cm³/mol. The molecule has 1 aliphatic heterocycles. The lowest BCUT2D eigenvalue weighted by molar-refractivity contribution is 0.0322. The standard InChI is InChI=1S/C14H21NO2.C2H6/c1-12-4-3-5-14(13(12)2)17-11-8-15-6-9-16-10-7-15;1-2/h3-5H,6-11H2,1-2H3;1-2H3. The SMILES string of the molecule is CC.Cc1cccc(OCCN2CCOCC2)c1C. The van der Waals surface area contributed by atoms with Crippen molar-refractivity contribution in [3.63, 3.8) is 0 Å². The minimum Gasteiger partial charge on any atom is -0.492 e. The number of aryl methyl sites for hydroxylation is 1. The maximum absolute atomic E-state index is 5.84. The van der Waals surface area contributed by atoms with Crippen LogP contribution in [0.5, 0.6) is 5.75 Å². The Morgan fingerprint density at radius 1 is 1.16 bits per heavy atom. The van der Waals surface area contributed by atoms with Gasteiger partial charge in [0.25, 0.3) is 0 Å². The highest BCUT2D eigenvalue weighted by Crippen LogP contribution is 2.20. The van der Waals surface area contributed by atoms with Crippen LogP contribution in [0.4, 0.5) is 0 Å². The summed E-state index contributed by atoms with van der Waals surface area (Å²) in [5, 5.41) is 0. The number of morpholine rings is 1. The van der Waals surface area contributed by atoms with Crippen molar-refractivity contribution in [3.05, 3.63) is 29.3 Å². The van der Waals surface area contributed by atoms with Crippen LogP contribution in [0.25, 0.3) is 0 Å². The van der Waals surface area contributed by atoms with Crippen LogP contribution < -0.4 is 4.74 Å². The molecule has 0 spiro atoms. The molecule has 1 aromatic carbocycles. The zero-order valence-electron chi connectivity index (χ0n) is 12.7. The average Bonchev–Trinajstić information content (AvgIpc) is 2.47. The van der Waals surface area contributed by atoms with E-state index >= 15 is 0 Å². The van der Waals surface area contributed by atoms with E-state index in [-0.39, 0.29) is 0 Å². The van der Waals surface area contributed by atoms with Crippen molar-refractivity contribution in [2.24, 2.45) is 0 Å². The molecule has 0 saturated carbocycles. The fraction of sp³-hybridized carbons (Fsp3) is 0.625. The van der Waals surface area contributed by atoms with Gasteiger partial charge >= 0.3 is 0 Å². The van der Waals surface area contributed by atoms with Crippen molar-refractivity contribution in [3.8, 4) is 5.75 Å². The summed E-state index contributed by atoms with van der Waals surface area (Å²) in [5.74, 6) is 1.01. The van der Waals surface area contributed by atoms with E-state index in [0.717, 1.165) is 45.2 Å². The van der Waals surface area contributed by atoms with Gasteiger partial charge in [-0.3, -0.25) is 4.90 Å². The molecule has 1 fully saturated rings. The second-order valence-corrected chi connectivity index (χ2v) is 4.50. The van der Waals surface area contributed by atoms with Crippen LogP contribution in [0, 0.1) is 13.8 Å². The summed E-state index contributed by atoms with van der Waals surface area (Å²) in [6, 6.07) is 6.21. The van der Waals surface area contributed by atoms with Crippen LogP contribution in [-0.4, -0.2) is 44.4 Å². The Labute approximate surface area is 117 Å². The molecule has 2 rings (SSSR count). The molecule has 0 radical (unpaired) electrons. The Balaban J connectivity index is 0.000000861. The highest BCUT2D eigenvalue weighted by Gasteiger charge is 2.10. The first-order valence-corrected chi connectivity index (χ1v) is 7.26. The molecule has 0 aromatic heterocycles. The molecule has 0 N–H and O–H groups in total. The number of ether oxygens (including phenoxy) is 2. The summed E-state index contributed by atoms with van der Waals surface area (Å²) in [6.07, 6.45) is 0. The number of hydrogen-bond donors (Lipinski definition) is 0. The lowest BCUT2D eigenvalue weighted by Gasteiger charge is -2.26. The second kappa shape index (κ2) is 8.94. The van der Waals surface area contributed by atoms with Crippen molar-refractivity contribution < 1.29 is 9.47 Å². The van der Waals surface area contributed by atoms with Gasteiger partial charge in [-0.15, -0.1) is 0 Å². The Kier molecular flexibility index (Phi) is 7.53. The van der Waals surface area contributed by atoms with Crippen molar-refractivity contribution >= 4 is 0 Å². The van der Waals surface area contributed by atoms with Gasteiger partial charge in [0.2, 0.25) is 0 Å². The van der Waals surface area contributed by atoms with E-state index in [1.165, 1.54) is 11.1 Å². The highest BCUT2D eigenvalue weighted by molar-refractivity contribution is 5.38. The lowest BCUT2D eigenvalue weighted by atomic mass is 10.1. The Bertz CT molecular complexity index is 360. The first kappa shape index (κ1) is 16.0. The molecule has 3 heteroatoms. The first-order valence-electron chi connectivity index (χ1n) is 7.26. The van der Waals surface area contributed by atoms with E-state index in [1.807, 2.05) is 26.0 Å². The molecule has 1 aliphatic rings. The third-order valence-electron chi connectivity index (χ3n) is 3.32. The topological polar surface area (TPSA) is 21.7 Å². The molecule has 0 aliphatic carbocycles. The highest BCUT2D eigenvalue weighted by atomic mass is 16.5. The van der Waals surface area contributed by atoms with E-state index < -0.39 is 0 Å². The summed E-state index contributed by atoms with van der Waals surface area (Å²) >= 11 is 0. The molecule has 19 heavy (non-hydrogen) atoms. The monoisotopic (exact) mass is 265 g/mol. The van der Waals surface area contributed by atoms with Gasteiger partial charge in [0.15, 0.2) is 0 Å². The van der Waals surface area contributed by atoms with Crippen molar-refractivity contribution in [1.29, 1.82) is 0 Å². The van der Waals surface area contributed by atoms with Gasteiger partial charge in [-0.1, -0.05) is 26.0 Å². The zero-order valence-corrected chi connectivity index (χ0v) is 12.7. The van der Waals surface area contributed by atoms with E-state index in [2.05, 4.69) is 24.8 Å². The number of hydrogen-bond acceptors (Lipinski definition) is 3. The van der Waals surface area contributed by atoms with Crippen molar-refractivity contribution in [2.45, 2.75) is 27.7 Å². The van der Waals surface area contributed by atoms with Gasteiger partial charge in [-0.2, -0.15) is 0 Å². The molecular weight excluding hydrogens is 238 g/mol. The number of nitrogens with zero attached hydrogens (tertiary/aromatic N) is 1. The summed E-state index contributed by atoms with van der Waals surface area (Å²) < 4.78 is 11.2. The minimum atomic E-state index is 0.754. The smallest absolute Gasteiger partial charge is 0.122 e. The quantitative estimate of drug-likeness (QED) is 0.835. The maximum atomic E-state index is 5.84. The minimum absolute atomic E-state index is 0.754. The second-order valence-electron chi connectivity index (χ2n) is 4.50. The van der Waals surface area contributed by atoms with Gasteiger partial charge in [-0.25, -0.2) is 0 Å². The first-order chi connectivity index (χ1) is 9.27. The fourth-order valence-electron chi connectivity index (χ4n) is 1.99. The van der Waals surface area contributed by atoms with E-state index in [1.54, 1.807) is 0 Å². The van der Waals surface area contributed by atoms with Crippen molar-refractivity contribution in [2.75, 3.05) is 39.5 Å². The van der Waals surface area contributed by atoms with E-state index in [9.17, 15) is 0 Å². The van der Waals surface area contributed by atoms with Gasteiger partial charge in [-0.05, 0) is 31.0 Å². The summed E-state index contributed by atoms with van der Waals surface area (Å²) in [6.45, 7) is 13.7. The van der Waals surface area contributed by atoms with Crippen LogP contribution in [-0.2, 0) is 4.74 Å². The maximum Gasteiger partial charge on any atom is 0.122 e. The van der Waals surface area contributed by atoms with E-state index in [0.29, 0.717) is 0 Å². The third-order valence-corrected chi connectivity index (χ3v) is 3.32. The van der Waals surface area contributed by atoms with Crippen LogP contribution in [0.3, 0.4) is 0 Å². The Morgan fingerprint density at radius 3 is 2.53 bits per heavy atom. The molecule has 0 amide bonds. The molecule has 108 valence electrons. The largest absolute Gasteiger partial charge is 0.492 e. The van der Waals surface area contributed by atoms with Gasteiger partial charge in [0, 0.05) is 19.6 Å². The summed E-state index contributed by atoms with van der Waals surface area (Å²) in [7, 11) is 0. The molecule has 1 heterocycles. The predicted octanol–water partition coefficient (Wildman–Crippen LogP) is 3.04. The lowest BCUT2D eigenvalue weighted by Crippen LogP contribution is -2.38. The van der Waals surface area contributed by atoms with Gasteiger partial charge < -0.3 is 9.47 Å². The molecule has 0 unspecified atom stereocenters.